The number of rotatable bonds is 7. The molecule has 12 heteroatoms. The highest BCUT2D eigenvalue weighted by Gasteiger charge is 2.23. The van der Waals surface area contributed by atoms with Gasteiger partial charge in [-0.15, -0.1) is 0 Å². The maximum atomic E-state index is 12.4. The second kappa shape index (κ2) is 8.67. The number of anilines is 1. The number of carbonyl (C=O) groups is 1. The molecule has 0 atom stereocenters. The number of ether oxygens (including phenoxy) is 2. The fraction of sp³-hybridized carbons (Fsp3) is 0.286. The van der Waals surface area contributed by atoms with Gasteiger partial charge in [0.1, 0.15) is 0 Å². The van der Waals surface area contributed by atoms with Crippen LogP contribution >= 0.6 is 11.8 Å². The minimum atomic E-state index is -4.17. The van der Waals surface area contributed by atoms with Gasteiger partial charge in [-0.3, -0.25) is 5.32 Å². The van der Waals surface area contributed by atoms with Crippen molar-refractivity contribution >= 4 is 33.8 Å². The van der Waals surface area contributed by atoms with Gasteiger partial charge in [0.05, 0.1) is 20.3 Å². The largest absolute Gasteiger partial charge is 0.481 e. The number of aromatic nitrogens is 3. The number of amides is 2. The Kier molecular flexibility index (Phi) is 6.58. The molecule has 0 aromatic carbocycles. The molecule has 0 spiro atoms. The molecule has 0 saturated carbocycles. The van der Waals surface area contributed by atoms with Crippen LogP contribution in [0, 0.1) is 0 Å². The van der Waals surface area contributed by atoms with Crippen LogP contribution in [0.25, 0.3) is 0 Å². The monoisotopic (exact) mass is 399 g/mol. The number of urea groups is 1. The Hall–Kier alpha value is -2.60. The van der Waals surface area contributed by atoms with E-state index < -0.39 is 16.1 Å². The standard InChI is InChI=1S/C14H17N5O5S2/c1-23-10-7-11(24-2)17-13(16-10)18-14(20)19-26(21,22)12-9(8-25-3)5-4-6-15-12/h4-7H,8H2,1-3H3,(H2,16,17,18,19,20). The highest BCUT2D eigenvalue weighted by Crippen LogP contribution is 2.19. The van der Waals surface area contributed by atoms with E-state index in [4.69, 9.17) is 9.47 Å². The molecule has 0 saturated heterocycles. The van der Waals surface area contributed by atoms with Crippen LogP contribution in [0.15, 0.2) is 29.4 Å². The third-order valence-corrected chi connectivity index (χ3v) is 4.88. The molecule has 0 aliphatic rings. The summed E-state index contributed by atoms with van der Waals surface area (Å²) in [5.41, 5.74) is 0.486. The van der Waals surface area contributed by atoms with Crippen LogP contribution < -0.4 is 19.5 Å². The van der Waals surface area contributed by atoms with Gasteiger partial charge in [0.25, 0.3) is 10.0 Å². The number of nitrogens with zero attached hydrogens (tertiary/aromatic N) is 3. The molecule has 2 aromatic rings. The highest BCUT2D eigenvalue weighted by molar-refractivity contribution is 7.97. The van der Waals surface area contributed by atoms with Gasteiger partial charge in [-0.05, 0) is 12.3 Å². The predicted molar refractivity (Wildman–Crippen MR) is 95.9 cm³/mol. The summed E-state index contributed by atoms with van der Waals surface area (Å²) in [5, 5.41) is 2.01. The van der Waals surface area contributed by atoms with Gasteiger partial charge in [0.15, 0.2) is 5.03 Å². The highest BCUT2D eigenvalue weighted by atomic mass is 32.2. The number of hydrogen-bond acceptors (Lipinski definition) is 9. The summed E-state index contributed by atoms with van der Waals surface area (Å²) in [4.78, 5) is 23.7. The first-order valence-corrected chi connectivity index (χ1v) is 10.0. The van der Waals surface area contributed by atoms with Crippen molar-refractivity contribution in [3.63, 3.8) is 0 Å². The van der Waals surface area contributed by atoms with E-state index in [1.54, 1.807) is 12.1 Å². The van der Waals surface area contributed by atoms with Gasteiger partial charge in [-0.2, -0.15) is 30.1 Å². The van der Waals surface area contributed by atoms with E-state index in [0.717, 1.165) is 0 Å². The predicted octanol–water partition coefficient (Wildman–Crippen LogP) is 1.26. The Morgan fingerprint density at radius 3 is 2.46 bits per heavy atom. The quantitative estimate of drug-likeness (QED) is 0.706. The SMILES string of the molecule is COc1cc(OC)nc(NC(=O)NS(=O)(=O)c2ncccc2CSC)n1. The maximum Gasteiger partial charge on any atom is 0.335 e. The number of hydrogen-bond donors (Lipinski definition) is 2. The molecule has 2 aromatic heterocycles. The third kappa shape index (κ3) is 4.95. The first kappa shape index (κ1) is 19.7. The van der Waals surface area contributed by atoms with Gasteiger partial charge in [-0.1, -0.05) is 6.07 Å². The summed E-state index contributed by atoms with van der Waals surface area (Å²) in [5.74, 6) is 0.533. The summed E-state index contributed by atoms with van der Waals surface area (Å²) >= 11 is 1.43. The molecule has 0 unspecified atom stereocenters. The zero-order chi connectivity index (χ0) is 19.2. The molecule has 2 N–H and O–H groups in total. The van der Waals surface area contributed by atoms with Crippen molar-refractivity contribution < 1.29 is 22.7 Å². The number of methoxy groups -OCH3 is 2. The molecule has 10 nitrogen and oxygen atoms in total. The van der Waals surface area contributed by atoms with Crippen LogP contribution in [-0.2, 0) is 15.8 Å². The van der Waals surface area contributed by atoms with Crippen LogP contribution in [0.1, 0.15) is 5.56 Å². The van der Waals surface area contributed by atoms with Crippen molar-refractivity contribution in [3.8, 4) is 11.8 Å². The fourth-order valence-corrected chi connectivity index (χ4v) is 3.61. The lowest BCUT2D eigenvalue weighted by atomic mass is 10.3. The van der Waals surface area contributed by atoms with Crippen molar-refractivity contribution in [2.45, 2.75) is 10.8 Å². The maximum absolute atomic E-state index is 12.4. The summed E-state index contributed by atoms with van der Waals surface area (Å²) in [6.45, 7) is 0. The van der Waals surface area contributed by atoms with E-state index in [1.165, 1.54) is 38.2 Å². The topological polar surface area (TPSA) is 132 Å². The van der Waals surface area contributed by atoms with Crippen LogP contribution in [0.2, 0.25) is 0 Å². The molecule has 2 amide bonds. The number of sulfonamides is 1. The molecule has 0 aliphatic carbocycles. The van der Waals surface area contributed by atoms with Crippen molar-refractivity contribution in [3.05, 3.63) is 30.0 Å². The fourth-order valence-electron chi connectivity index (χ4n) is 1.90. The van der Waals surface area contributed by atoms with Crippen LogP contribution in [0.5, 0.6) is 11.8 Å². The molecule has 2 rings (SSSR count). The van der Waals surface area contributed by atoms with E-state index in [2.05, 4.69) is 20.3 Å². The van der Waals surface area contributed by atoms with Gasteiger partial charge in [0.2, 0.25) is 17.7 Å². The van der Waals surface area contributed by atoms with Gasteiger partial charge >= 0.3 is 6.03 Å². The van der Waals surface area contributed by atoms with Crippen LogP contribution in [0.4, 0.5) is 10.7 Å². The summed E-state index contributed by atoms with van der Waals surface area (Å²) in [6, 6.07) is 3.62. The van der Waals surface area contributed by atoms with Gasteiger partial charge in [-0.25, -0.2) is 14.5 Å². The van der Waals surface area contributed by atoms with Crippen molar-refractivity contribution in [2.24, 2.45) is 0 Å². The van der Waals surface area contributed by atoms with Crippen molar-refractivity contribution in [1.29, 1.82) is 0 Å². The van der Waals surface area contributed by atoms with E-state index in [-0.39, 0.29) is 22.7 Å². The summed E-state index contributed by atoms with van der Waals surface area (Å²) in [6.07, 6.45) is 3.17. The van der Waals surface area contributed by atoms with Crippen molar-refractivity contribution in [1.82, 2.24) is 19.7 Å². The number of nitrogens with one attached hydrogen (secondary N) is 2. The lowest BCUT2D eigenvalue weighted by molar-refractivity contribution is 0.256. The number of carbonyl (C=O) groups excluding carboxylic acids is 1. The zero-order valence-electron chi connectivity index (χ0n) is 14.2. The normalized spacial score (nSPS) is 10.9. The molecular formula is C14H17N5O5S2. The Bertz CT molecular complexity index is 869. The van der Waals surface area contributed by atoms with Crippen LogP contribution in [0.3, 0.4) is 0 Å². The molecular weight excluding hydrogens is 382 g/mol. The van der Waals surface area contributed by atoms with E-state index in [0.29, 0.717) is 11.3 Å². The van der Waals surface area contributed by atoms with Gasteiger partial charge < -0.3 is 9.47 Å². The van der Waals surface area contributed by atoms with Crippen molar-refractivity contribution in [2.75, 3.05) is 25.8 Å². The minimum Gasteiger partial charge on any atom is -0.481 e. The van der Waals surface area contributed by atoms with E-state index in [1.807, 2.05) is 11.0 Å². The van der Waals surface area contributed by atoms with E-state index >= 15 is 0 Å². The average Bonchev–Trinajstić information content (AvgIpc) is 2.61. The smallest absolute Gasteiger partial charge is 0.335 e. The van der Waals surface area contributed by atoms with Gasteiger partial charge in [0, 0.05) is 17.5 Å². The molecule has 2 heterocycles. The average molecular weight is 399 g/mol. The molecule has 0 fully saturated rings. The molecule has 0 bridgehead atoms. The zero-order valence-corrected chi connectivity index (χ0v) is 15.8. The molecule has 26 heavy (non-hydrogen) atoms. The molecule has 0 radical (unpaired) electrons. The third-order valence-electron chi connectivity index (χ3n) is 2.95. The lowest BCUT2D eigenvalue weighted by Gasteiger charge is -2.11. The Morgan fingerprint density at radius 1 is 1.23 bits per heavy atom. The number of pyridine rings is 1. The minimum absolute atomic E-state index is 0.141. The first-order chi connectivity index (χ1) is 12.4. The molecule has 0 aliphatic heterocycles. The Labute approximate surface area is 154 Å². The first-order valence-electron chi connectivity index (χ1n) is 7.13. The molecule has 140 valence electrons. The Balaban J connectivity index is 2.19. The second-order valence-corrected chi connectivity index (χ2v) is 7.20. The number of thioether (sulfide) groups is 1. The van der Waals surface area contributed by atoms with Crippen LogP contribution in [-0.4, -0.2) is 49.9 Å². The van der Waals surface area contributed by atoms with E-state index in [9.17, 15) is 13.2 Å². The summed E-state index contributed by atoms with van der Waals surface area (Å²) < 4.78 is 36.7. The second-order valence-electron chi connectivity index (χ2n) is 4.74. The summed E-state index contributed by atoms with van der Waals surface area (Å²) in [7, 11) is -1.41. The lowest BCUT2D eigenvalue weighted by Crippen LogP contribution is -2.35. The Morgan fingerprint density at radius 2 is 1.88 bits per heavy atom.